The summed E-state index contributed by atoms with van der Waals surface area (Å²) in [7, 11) is 1.82. The summed E-state index contributed by atoms with van der Waals surface area (Å²) in [6.45, 7) is 6.69. The molecule has 7 heteroatoms. The summed E-state index contributed by atoms with van der Waals surface area (Å²) in [5.41, 5.74) is 3.62. The van der Waals surface area contributed by atoms with Crippen molar-refractivity contribution < 1.29 is 19.1 Å². The maximum atomic E-state index is 12.3. The summed E-state index contributed by atoms with van der Waals surface area (Å²) in [6, 6.07) is 8.08. The van der Waals surface area contributed by atoms with E-state index >= 15 is 0 Å². The van der Waals surface area contributed by atoms with Crippen LogP contribution in [0.5, 0.6) is 5.75 Å². The molecule has 0 N–H and O–H groups in total. The summed E-state index contributed by atoms with van der Waals surface area (Å²) in [4.78, 5) is 31.9. The minimum atomic E-state index is -0.507. The van der Waals surface area contributed by atoms with Gasteiger partial charge in [-0.05, 0) is 62.9 Å². The smallest absolute Gasteiger partial charge is 0.410 e. The Kier molecular flexibility index (Phi) is 5.60. The first kappa shape index (κ1) is 21.2. The van der Waals surface area contributed by atoms with Gasteiger partial charge >= 0.3 is 6.09 Å². The molecule has 2 aromatic rings. The van der Waals surface area contributed by atoms with E-state index in [9.17, 15) is 9.59 Å². The number of pyridine rings is 1. The molecule has 0 saturated carbocycles. The van der Waals surface area contributed by atoms with Crippen LogP contribution in [-0.4, -0.2) is 53.7 Å². The number of ether oxygens (including phenoxy) is 2. The Hall–Kier alpha value is -3.09. The predicted octanol–water partition coefficient (Wildman–Crippen LogP) is 4.05. The molecule has 4 rings (SSSR count). The quantitative estimate of drug-likeness (QED) is 0.742. The average Bonchev–Trinajstić information content (AvgIpc) is 2.68. The van der Waals surface area contributed by atoms with Gasteiger partial charge in [-0.15, -0.1) is 0 Å². The fourth-order valence-electron chi connectivity index (χ4n) is 3.86. The highest BCUT2D eigenvalue weighted by molar-refractivity contribution is 5.96. The number of nitrogens with zero attached hydrogens (tertiary/aromatic N) is 3. The standard InChI is InChI=1S/C24H29N3O4/c1-24(2,3)31-23(29)27-10-9-19(27)15-30-20-12-18(13-25-14-20)16-5-7-21-17(11-16)6-8-22(28)26(21)4/h5,7,11-14,19H,6,8-10,15H2,1-4H3. The maximum Gasteiger partial charge on any atom is 0.410 e. The van der Waals surface area contributed by atoms with E-state index in [0.717, 1.165) is 35.2 Å². The summed E-state index contributed by atoms with van der Waals surface area (Å²) in [6.07, 6.45) is 5.37. The van der Waals surface area contributed by atoms with Gasteiger partial charge in [0.25, 0.3) is 0 Å². The van der Waals surface area contributed by atoms with Crippen molar-refractivity contribution in [3.8, 4) is 16.9 Å². The number of aromatic nitrogens is 1. The molecule has 164 valence electrons. The number of carbonyl (C=O) groups excluding carboxylic acids is 2. The van der Waals surface area contributed by atoms with Crippen molar-refractivity contribution in [2.24, 2.45) is 0 Å². The van der Waals surface area contributed by atoms with Crippen molar-refractivity contribution in [2.75, 3.05) is 25.1 Å². The fraction of sp³-hybridized carbons (Fsp3) is 0.458. The molecule has 2 amide bonds. The van der Waals surface area contributed by atoms with Crippen LogP contribution >= 0.6 is 0 Å². The molecular formula is C24H29N3O4. The number of amides is 2. The Morgan fingerprint density at radius 3 is 2.68 bits per heavy atom. The van der Waals surface area contributed by atoms with Crippen LogP contribution in [0.4, 0.5) is 10.5 Å². The van der Waals surface area contributed by atoms with Gasteiger partial charge < -0.3 is 19.3 Å². The highest BCUT2D eigenvalue weighted by Crippen LogP contribution is 2.32. The lowest BCUT2D eigenvalue weighted by molar-refractivity contribution is -0.118. The molecule has 1 atom stereocenters. The summed E-state index contributed by atoms with van der Waals surface area (Å²) >= 11 is 0. The van der Waals surface area contributed by atoms with E-state index in [-0.39, 0.29) is 18.0 Å². The third-order valence-electron chi connectivity index (χ3n) is 5.68. The Balaban J connectivity index is 1.42. The zero-order valence-electron chi connectivity index (χ0n) is 18.6. The first-order valence-electron chi connectivity index (χ1n) is 10.7. The molecule has 1 unspecified atom stereocenters. The van der Waals surface area contributed by atoms with Crippen molar-refractivity contribution in [1.29, 1.82) is 0 Å². The second-order valence-corrected chi connectivity index (χ2v) is 9.13. The van der Waals surface area contributed by atoms with Crippen molar-refractivity contribution in [3.05, 3.63) is 42.2 Å². The second kappa shape index (κ2) is 8.21. The first-order chi connectivity index (χ1) is 14.7. The van der Waals surface area contributed by atoms with Crippen molar-refractivity contribution >= 4 is 17.7 Å². The molecule has 31 heavy (non-hydrogen) atoms. The van der Waals surface area contributed by atoms with Crippen LogP contribution in [0.3, 0.4) is 0 Å². The lowest BCUT2D eigenvalue weighted by Gasteiger charge is -2.40. The van der Waals surface area contributed by atoms with E-state index in [2.05, 4.69) is 11.1 Å². The van der Waals surface area contributed by atoms with Crippen LogP contribution in [0, 0.1) is 0 Å². The lowest BCUT2D eigenvalue weighted by Crippen LogP contribution is -2.55. The van der Waals surface area contributed by atoms with Gasteiger partial charge in [0.1, 0.15) is 18.0 Å². The zero-order valence-corrected chi connectivity index (χ0v) is 18.6. The molecule has 3 heterocycles. The number of likely N-dealkylation sites (tertiary alicyclic amines) is 1. The van der Waals surface area contributed by atoms with Gasteiger partial charge in [0.2, 0.25) is 5.91 Å². The number of benzene rings is 1. The lowest BCUT2D eigenvalue weighted by atomic mass is 9.97. The van der Waals surface area contributed by atoms with Crippen molar-refractivity contribution in [1.82, 2.24) is 9.88 Å². The van der Waals surface area contributed by atoms with E-state index < -0.39 is 5.60 Å². The van der Waals surface area contributed by atoms with Crippen LogP contribution in [0.15, 0.2) is 36.7 Å². The molecule has 1 aromatic heterocycles. The predicted molar refractivity (Wildman–Crippen MR) is 118 cm³/mol. The van der Waals surface area contributed by atoms with Crippen molar-refractivity contribution in [3.63, 3.8) is 0 Å². The molecule has 1 saturated heterocycles. The number of anilines is 1. The molecule has 2 aliphatic heterocycles. The van der Waals surface area contributed by atoms with Gasteiger partial charge in [-0.1, -0.05) is 6.07 Å². The molecule has 0 radical (unpaired) electrons. The van der Waals surface area contributed by atoms with Gasteiger partial charge in [0.15, 0.2) is 0 Å². The Labute approximate surface area is 183 Å². The minimum Gasteiger partial charge on any atom is -0.490 e. The van der Waals surface area contributed by atoms with Crippen LogP contribution in [0.25, 0.3) is 11.1 Å². The number of rotatable bonds is 4. The number of carbonyl (C=O) groups is 2. The molecule has 1 aromatic carbocycles. The highest BCUT2D eigenvalue weighted by atomic mass is 16.6. The Morgan fingerprint density at radius 1 is 1.16 bits per heavy atom. The minimum absolute atomic E-state index is 0.00956. The second-order valence-electron chi connectivity index (χ2n) is 9.13. The Bertz CT molecular complexity index is 999. The third-order valence-corrected chi connectivity index (χ3v) is 5.68. The summed E-state index contributed by atoms with van der Waals surface area (Å²) < 4.78 is 11.4. The molecule has 0 aliphatic carbocycles. The number of aryl methyl sites for hydroxylation is 1. The van der Waals surface area contributed by atoms with Crippen LogP contribution in [0.1, 0.15) is 39.2 Å². The molecule has 0 bridgehead atoms. The highest BCUT2D eigenvalue weighted by Gasteiger charge is 2.35. The number of hydrogen-bond donors (Lipinski definition) is 0. The Morgan fingerprint density at radius 2 is 1.97 bits per heavy atom. The third kappa shape index (κ3) is 4.65. The van der Waals surface area contributed by atoms with Gasteiger partial charge in [-0.2, -0.15) is 0 Å². The van der Waals surface area contributed by atoms with Crippen LogP contribution < -0.4 is 9.64 Å². The maximum absolute atomic E-state index is 12.3. The van der Waals surface area contributed by atoms with Gasteiger partial charge in [0.05, 0.1) is 12.2 Å². The largest absolute Gasteiger partial charge is 0.490 e. The van der Waals surface area contributed by atoms with Gasteiger partial charge in [-0.3, -0.25) is 9.78 Å². The van der Waals surface area contributed by atoms with Gasteiger partial charge in [0, 0.05) is 37.5 Å². The SMILES string of the molecule is CN1C(=O)CCc2cc(-c3cncc(OCC4CCN4C(=O)OC(C)(C)C)c3)ccc21. The van der Waals surface area contributed by atoms with E-state index in [1.807, 2.05) is 52.2 Å². The van der Waals surface area contributed by atoms with E-state index in [1.54, 1.807) is 16.0 Å². The van der Waals surface area contributed by atoms with Crippen LogP contribution in [0.2, 0.25) is 0 Å². The summed E-state index contributed by atoms with van der Waals surface area (Å²) in [5, 5.41) is 0. The van der Waals surface area contributed by atoms with Crippen LogP contribution in [-0.2, 0) is 16.0 Å². The molecule has 7 nitrogen and oxygen atoms in total. The van der Waals surface area contributed by atoms with E-state index in [4.69, 9.17) is 9.47 Å². The van der Waals surface area contributed by atoms with Crippen molar-refractivity contribution in [2.45, 2.75) is 51.7 Å². The molecular weight excluding hydrogens is 394 g/mol. The van der Waals surface area contributed by atoms with E-state index in [0.29, 0.717) is 25.3 Å². The van der Waals surface area contributed by atoms with Gasteiger partial charge in [-0.25, -0.2) is 4.79 Å². The number of hydrogen-bond acceptors (Lipinski definition) is 5. The fourth-order valence-corrected chi connectivity index (χ4v) is 3.86. The monoisotopic (exact) mass is 423 g/mol. The molecule has 2 aliphatic rings. The molecule has 1 fully saturated rings. The summed E-state index contributed by atoms with van der Waals surface area (Å²) in [5.74, 6) is 0.812. The first-order valence-corrected chi connectivity index (χ1v) is 10.7. The topological polar surface area (TPSA) is 72.0 Å². The zero-order chi connectivity index (χ0) is 22.2. The normalized spacial score (nSPS) is 18.3. The average molecular weight is 424 g/mol. The molecule has 0 spiro atoms. The number of fused-ring (bicyclic) bond motifs is 1. The van der Waals surface area contributed by atoms with E-state index in [1.165, 1.54) is 0 Å².